The monoisotopic (exact) mass is 279 g/mol. The summed E-state index contributed by atoms with van der Waals surface area (Å²) in [6.45, 7) is 5.96. The Balaban J connectivity index is 2.04. The minimum atomic E-state index is 0.613. The number of pyridine rings is 1. The van der Waals surface area contributed by atoms with Gasteiger partial charge in [0, 0.05) is 17.8 Å². The van der Waals surface area contributed by atoms with Crippen LogP contribution in [-0.4, -0.2) is 18.1 Å². The van der Waals surface area contributed by atoms with E-state index in [1.807, 2.05) is 38.1 Å². The van der Waals surface area contributed by atoms with Gasteiger partial charge in [-0.2, -0.15) is 5.26 Å². The topological polar surface area (TPSA) is 49.1 Å². The Kier molecular flexibility index (Phi) is 3.49. The first-order valence-electron chi connectivity index (χ1n) is 7.03. The number of nitrogens with zero attached hydrogens (tertiary/aromatic N) is 3. The average Bonchev–Trinajstić information content (AvgIpc) is 2.68. The number of rotatable bonds is 1. The largest absolute Gasteiger partial charge is 0.491 e. The zero-order valence-electron chi connectivity index (χ0n) is 12.3. The van der Waals surface area contributed by atoms with Gasteiger partial charge >= 0.3 is 0 Å². The molecule has 1 aromatic carbocycles. The number of aryl methyl sites for hydroxylation is 2. The molecule has 2 aromatic rings. The Labute approximate surface area is 124 Å². The van der Waals surface area contributed by atoms with Gasteiger partial charge in [-0.1, -0.05) is 18.2 Å². The van der Waals surface area contributed by atoms with Gasteiger partial charge in [-0.05, 0) is 26.0 Å². The Morgan fingerprint density at radius 1 is 1.29 bits per heavy atom. The van der Waals surface area contributed by atoms with Crippen molar-refractivity contribution < 1.29 is 4.74 Å². The van der Waals surface area contributed by atoms with E-state index in [1.165, 1.54) is 0 Å². The average molecular weight is 279 g/mol. The molecule has 0 saturated carbocycles. The van der Waals surface area contributed by atoms with E-state index < -0.39 is 0 Å². The number of nitriles is 1. The Morgan fingerprint density at radius 2 is 2.10 bits per heavy atom. The number of ether oxygens (including phenoxy) is 1. The summed E-state index contributed by atoms with van der Waals surface area (Å²) in [5, 5.41) is 9.44. The van der Waals surface area contributed by atoms with Crippen LogP contribution in [0.1, 0.15) is 22.5 Å². The fourth-order valence-electron chi connectivity index (χ4n) is 2.73. The molecule has 1 aliphatic heterocycles. The molecular formula is C17H17N3O. The summed E-state index contributed by atoms with van der Waals surface area (Å²) in [4.78, 5) is 6.59. The zero-order chi connectivity index (χ0) is 14.8. The number of hydrogen-bond acceptors (Lipinski definition) is 4. The number of fused-ring (bicyclic) bond motifs is 1. The Bertz CT molecular complexity index is 718. The lowest BCUT2D eigenvalue weighted by atomic mass is 10.1. The van der Waals surface area contributed by atoms with E-state index in [4.69, 9.17) is 4.74 Å². The van der Waals surface area contributed by atoms with Crippen LogP contribution in [-0.2, 0) is 6.54 Å². The van der Waals surface area contributed by atoms with Crippen molar-refractivity contribution in [3.63, 3.8) is 0 Å². The number of anilines is 1. The number of para-hydroxylation sites is 1. The highest BCUT2D eigenvalue weighted by atomic mass is 16.5. The summed E-state index contributed by atoms with van der Waals surface area (Å²) < 4.78 is 5.79. The molecule has 0 bridgehead atoms. The van der Waals surface area contributed by atoms with Crippen molar-refractivity contribution >= 4 is 5.69 Å². The smallest absolute Gasteiger partial charge is 0.124 e. The van der Waals surface area contributed by atoms with E-state index in [0.29, 0.717) is 12.2 Å². The Morgan fingerprint density at radius 3 is 2.90 bits per heavy atom. The van der Waals surface area contributed by atoms with Crippen LogP contribution in [0.2, 0.25) is 0 Å². The van der Waals surface area contributed by atoms with Crippen molar-refractivity contribution in [1.29, 1.82) is 5.26 Å². The lowest BCUT2D eigenvalue weighted by Gasteiger charge is -2.24. The van der Waals surface area contributed by atoms with Gasteiger partial charge in [0.1, 0.15) is 18.4 Å². The summed E-state index contributed by atoms with van der Waals surface area (Å²) in [5.74, 6) is 0.931. The van der Waals surface area contributed by atoms with Crippen LogP contribution in [0.3, 0.4) is 0 Å². The molecule has 0 atom stereocenters. The molecule has 0 N–H and O–H groups in total. The number of benzene rings is 1. The molecule has 0 saturated heterocycles. The molecule has 21 heavy (non-hydrogen) atoms. The van der Waals surface area contributed by atoms with Crippen molar-refractivity contribution in [3.05, 3.63) is 52.8 Å². The predicted molar refractivity (Wildman–Crippen MR) is 81.4 cm³/mol. The van der Waals surface area contributed by atoms with Gasteiger partial charge in [0.2, 0.25) is 0 Å². The molecule has 4 nitrogen and oxygen atoms in total. The van der Waals surface area contributed by atoms with Crippen LogP contribution >= 0.6 is 0 Å². The van der Waals surface area contributed by atoms with Crippen molar-refractivity contribution in [2.24, 2.45) is 0 Å². The highest BCUT2D eigenvalue weighted by Crippen LogP contribution is 2.29. The molecule has 4 heteroatoms. The number of hydrogen-bond donors (Lipinski definition) is 0. The second-order valence-corrected chi connectivity index (χ2v) is 5.23. The number of aromatic nitrogens is 1. The normalized spacial score (nSPS) is 13.9. The van der Waals surface area contributed by atoms with Gasteiger partial charge in [-0.3, -0.25) is 4.98 Å². The first-order valence-corrected chi connectivity index (χ1v) is 7.03. The first kappa shape index (κ1) is 13.4. The second kappa shape index (κ2) is 5.45. The molecular weight excluding hydrogens is 262 g/mol. The van der Waals surface area contributed by atoms with Crippen LogP contribution in [0.25, 0.3) is 0 Å². The van der Waals surface area contributed by atoms with E-state index >= 15 is 0 Å². The van der Waals surface area contributed by atoms with Crippen LogP contribution < -0.4 is 9.64 Å². The van der Waals surface area contributed by atoms with Crippen molar-refractivity contribution in [2.45, 2.75) is 20.4 Å². The maximum absolute atomic E-state index is 9.44. The standard InChI is InChI=1S/C17H17N3O/c1-12-9-16(15(10-18)13(2)19-12)20-7-8-21-17-6-4-3-5-14(17)11-20/h3-6,9H,7-8,11H2,1-2H3. The molecule has 2 heterocycles. The third-order valence-electron chi connectivity index (χ3n) is 3.71. The van der Waals surface area contributed by atoms with E-state index in [0.717, 1.165) is 41.5 Å². The highest BCUT2D eigenvalue weighted by molar-refractivity contribution is 5.62. The summed E-state index contributed by atoms with van der Waals surface area (Å²) in [6, 6.07) is 12.3. The highest BCUT2D eigenvalue weighted by Gasteiger charge is 2.19. The fraction of sp³-hybridized carbons (Fsp3) is 0.294. The van der Waals surface area contributed by atoms with Gasteiger partial charge in [0.05, 0.1) is 23.5 Å². The summed E-state index contributed by atoms with van der Waals surface area (Å²) in [6.07, 6.45) is 0. The predicted octanol–water partition coefficient (Wildman–Crippen LogP) is 2.97. The zero-order valence-corrected chi connectivity index (χ0v) is 12.3. The van der Waals surface area contributed by atoms with Crippen LogP contribution in [0.4, 0.5) is 5.69 Å². The van der Waals surface area contributed by atoms with Gasteiger partial charge in [-0.15, -0.1) is 0 Å². The van der Waals surface area contributed by atoms with Crippen molar-refractivity contribution in [2.75, 3.05) is 18.1 Å². The molecule has 1 aromatic heterocycles. The SMILES string of the molecule is Cc1cc(N2CCOc3ccccc3C2)c(C#N)c(C)n1. The summed E-state index contributed by atoms with van der Waals surface area (Å²) >= 11 is 0. The lowest BCUT2D eigenvalue weighted by Crippen LogP contribution is -2.26. The molecule has 0 radical (unpaired) electrons. The van der Waals surface area contributed by atoms with E-state index in [2.05, 4.69) is 22.0 Å². The molecule has 1 aliphatic rings. The van der Waals surface area contributed by atoms with E-state index in [1.54, 1.807) is 0 Å². The van der Waals surface area contributed by atoms with Gasteiger partial charge in [0.15, 0.2) is 0 Å². The minimum absolute atomic E-state index is 0.613. The van der Waals surface area contributed by atoms with Crippen LogP contribution in [0.5, 0.6) is 5.75 Å². The van der Waals surface area contributed by atoms with E-state index in [9.17, 15) is 5.26 Å². The van der Waals surface area contributed by atoms with Crippen LogP contribution in [0.15, 0.2) is 30.3 Å². The van der Waals surface area contributed by atoms with Gasteiger partial charge in [-0.25, -0.2) is 0 Å². The van der Waals surface area contributed by atoms with Gasteiger partial charge in [0.25, 0.3) is 0 Å². The van der Waals surface area contributed by atoms with Crippen molar-refractivity contribution in [1.82, 2.24) is 4.98 Å². The molecule has 0 fully saturated rings. The first-order chi connectivity index (χ1) is 10.2. The molecule has 0 unspecified atom stereocenters. The van der Waals surface area contributed by atoms with Crippen LogP contribution in [0, 0.1) is 25.2 Å². The maximum atomic E-state index is 9.44. The molecule has 0 aliphatic carbocycles. The third-order valence-corrected chi connectivity index (χ3v) is 3.71. The molecule has 0 spiro atoms. The summed E-state index contributed by atoms with van der Waals surface area (Å²) in [7, 11) is 0. The summed E-state index contributed by atoms with van der Waals surface area (Å²) in [5.41, 5.74) is 4.46. The molecule has 106 valence electrons. The minimum Gasteiger partial charge on any atom is -0.491 e. The van der Waals surface area contributed by atoms with E-state index in [-0.39, 0.29) is 0 Å². The quantitative estimate of drug-likeness (QED) is 0.805. The third kappa shape index (κ3) is 2.55. The molecule has 3 rings (SSSR count). The maximum Gasteiger partial charge on any atom is 0.124 e. The Hall–Kier alpha value is -2.54. The lowest BCUT2D eigenvalue weighted by molar-refractivity contribution is 0.331. The fourth-order valence-corrected chi connectivity index (χ4v) is 2.73. The van der Waals surface area contributed by atoms with Gasteiger partial charge < -0.3 is 9.64 Å². The molecule has 0 amide bonds. The van der Waals surface area contributed by atoms with Crippen molar-refractivity contribution in [3.8, 4) is 11.8 Å². The second-order valence-electron chi connectivity index (χ2n) is 5.23.